The van der Waals surface area contributed by atoms with E-state index in [9.17, 15) is 4.79 Å². The summed E-state index contributed by atoms with van der Waals surface area (Å²) in [5.41, 5.74) is 7.37. The molecule has 0 bridgehead atoms. The molecule has 0 N–H and O–H groups in total. The number of rotatable bonds is 5. The molecule has 0 radical (unpaired) electrons. The van der Waals surface area contributed by atoms with E-state index in [1.807, 2.05) is 6.08 Å². The highest BCUT2D eigenvalue weighted by Gasteiger charge is 2.03. The summed E-state index contributed by atoms with van der Waals surface area (Å²) in [6.45, 7) is 8.36. The highest BCUT2D eigenvalue weighted by atomic mass is 16.1. The van der Waals surface area contributed by atoms with E-state index < -0.39 is 0 Å². The van der Waals surface area contributed by atoms with Gasteiger partial charge >= 0.3 is 0 Å². The lowest BCUT2D eigenvalue weighted by molar-refractivity contribution is -0.114. The van der Waals surface area contributed by atoms with E-state index in [1.165, 1.54) is 27.8 Å². The largest absolute Gasteiger partial charge is 0.295 e. The summed E-state index contributed by atoms with van der Waals surface area (Å²) in [7, 11) is 0. The van der Waals surface area contributed by atoms with Crippen LogP contribution in [0.25, 0.3) is 6.08 Å². The number of allylic oxidation sites excluding steroid dienone is 1. The molecule has 1 nitrogen and oxygen atoms in total. The van der Waals surface area contributed by atoms with Crippen molar-refractivity contribution >= 4 is 11.9 Å². The van der Waals surface area contributed by atoms with Crippen LogP contribution in [0.2, 0.25) is 0 Å². The molecule has 0 fully saturated rings. The fraction of sp³-hybridized carbons (Fsp3) is 0.286. The molecule has 0 aliphatic rings. The lowest BCUT2D eigenvalue weighted by Crippen LogP contribution is -1.98. The second kappa shape index (κ2) is 7.22. The number of carbonyl (C=O) groups is 1. The smallest absolute Gasteiger partial charge is 0.156 e. The molecule has 2 rings (SSSR count). The molecule has 0 saturated heterocycles. The summed E-state index contributed by atoms with van der Waals surface area (Å²) >= 11 is 0. The van der Waals surface area contributed by atoms with E-state index in [0.717, 1.165) is 12.0 Å². The molecule has 0 aromatic heterocycles. The Hall–Kier alpha value is -2.15. The maximum atomic E-state index is 12.1. The number of carbonyl (C=O) groups excluding carboxylic acids is 1. The zero-order chi connectivity index (χ0) is 16.1. The molecule has 0 aliphatic carbocycles. The predicted octanol–water partition coefficient (Wildman–Crippen LogP) is 5.14. The summed E-state index contributed by atoms with van der Waals surface area (Å²) in [4.78, 5) is 12.1. The van der Waals surface area contributed by atoms with Crippen LogP contribution in [0.3, 0.4) is 0 Å². The van der Waals surface area contributed by atoms with Crippen molar-refractivity contribution in [2.75, 3.05) is 0 Å². The number of aryl methyl sites for hydroxylation is 5. The van der Waals surface area contributed by atoms with Crippen LogP contribution in [-0.4, -0.2) is 5.78 Å². The van der Waals surface area contributed by atoms with Crippen LogP contribution in [0.1, 0.15) is 39.8 Å². The van der Waals surface area contributed by atoms with E-state index in [1.54, 1.807) is 6.08 Å². The average molecular weight is 292 g/mol. The van der Waals surface area contributed by atoms with Gasteiger partial charge in [-0.3, -0.25) is 4.79 Å². The number of hydrogen-bond donors (Lipinski definition) is 0. The molecule has 0 amide bonds. The Labute approximate surface area is 133 Å². The minimum absolute atomic E-state index is 0.181. The normalized spacial score (nSPS) is 11.1. The molecule has 22 heavy (non-hydrogen) atoms. The molecule has 114 valence electrons. The van der Waals surface area contributed by atoms with Crippen LogP contribution >= 0.6 is 0 Å². The number of benzene rings is 2. The number of ketones is 1. The van der Waals surface area contributed by atoms with Gasteiger partial charge in [-0.15, -0.1) is 0 Å². The van der Waals surface area contributed by atoms with Crippen LogP contribution in [0, 0.1) is 27.7 Å². The maximum absolute atomic E-state index is 12.1. The van der Waals surface area contributed by atoms with Gasteiger partial charge in [0.15, 0.2) is 5.78 Å². The van der Waals surface area contributed by atoms with Gasteiger partial charge in [-0.25, -0.2) is 0 Å². The van der Waals surface area contributed by atoms with E-state index in [0.29, 0.717) is 6.42 Å². The Morgan fingerprint density at radius 3 is 2.18 bits per heavy atom. The monoisotopic (exact) mass is 292 g/mol. The van der Waals surface area contributed by atoms with Crippen LogP contribution < -0.4 is 0 Å². The van der Waals surface area contributed by atoms with Gasteiger partial charge < -0.3 is 0 Å². The Morgan fingerprint density at radius 1 is 0.909 bits per heavy atom. The third-order valence-corrected chi connectivity index (χ3v) is 4.01. The minimum atomic E-state index is 0.181. The zero-order valence-electron chi connectivity index (χ0n) is 13.9. The molecular weight excluding hydrogens is 268 g/mol. The number of hydrogen-bond acceptors (Lipinski definition) is 1. The average Bonchev–Trinajstić information content (AvgIpc) is 2.45. The van der Waals surface area contributed by atoms with Crippen molar-refractivity contribution < 1.29 is 4.79 Å². The van der Waals surface area contributed by atoms with Gasteiger partial charge in [0.25, 0.3) is 0 Å². The molecule has 0 atom stereocenters. The maximum Gasteiger partial charge on any atom is 0.156 e. The van der Waals surface area contributed by atoms with Gasteiger partial charge in [0.1, 0.15) is 0 Å². The van der Waals surface area contributed by atoms with Gasteiger partial charge in [0, 0.05) is 6.42 Å². The van der Waals surface area contributed by atoms with Crippen LogP contribution in [0.5, 0.6) is 0 Å². The van der Waals surface area contributed by atoms with E-state index >= 15 is 0 Å². The minimum Gasteiger partial charge on any atom is -0.295 e. The molecule has 0 unspecified atom stereocenters. The van der Waals surface area contributed by atoms with Crippen molar-refractivity contribution in [3.63, 3.8) is 0 Å². The van der Waals surface area contributed by atoms with Crippen LogP contribution in [0.4, 0.5) is 0 Å². The van der Waals surface area contributed by atoms with Crippen molar-refractivity contribution in [1.82, 2.24) is 0 Å². The van der Waals surface area contributed by atoms with Crippen molar-refractivity contribution in [3.05, 3.63) is 75.9 Å². The summed E-state index contributed by atoms with van der Waals surface area (Å²) in [6, 6.07) is 12.7. The quantitative estimate of drug-likeness (QED) is 0.698. The highest BCUT2D eigenvalue weighted by molar-refractivity contribution is 5.93. The fourth-order valence-electron chi connectivity index (χ4n) is 2.66. The first-order valence-corrected chi connectivity index (χ1v) is 7.80. The Balaban J connectivity index is 1.96. The Morgan fingerprint density at radius 2 is 1.55 bits per heavy atom. The molecular formula is C21H24O. The Kier molecular flexibility index (Phi) is 5.32. The summed E-state index contributed by atoms with van der Waals surface area (Å²) in [5.74, 6) is 0.181. The summed E-state index contributed by atoms with van der Waals surface area (Å²) in [5, 5.41) is 0. The standard InChI is InChI=1S/C21H24O/c1-15-5-7-19(17(3)13-15)9-11-21(22)12-10-20-8-6-16(2)14-18(20)4/h5-9,11,13-14H,10,12H2,1-4H3/b11-9+. The first kappa shape index (κ1) is 16.2. The molecule has 0 heterocycles. The first-order chi connectivity index (χ1) is 10.5. The lowest BCUT2D eigenvalue weighted by atomic mass is 10.00. The second-order valence-electron chi connectivity index (χ2n) is 6.09. The van der Waals surface area contributed by atoms with Crippen molar-refractivity contribution in [2.45, 2.75) is 40.5 Å². The van der Waals surface area contributed by atoms with Gasteiger partial charge in [-0.2, -0.15) is 0 Å². The van der Waals surface area contributed by atoms with Gasteiger partial charge in [0.2, 0.25) is 0 Å². The molecule has 0 saturated carbocycles. The first-order valence-electron chi connectivity index (χ1n) is 7.80. The highest BCUT2D eigenvalue weighted by Crippen LogP contribution is 2.14. The van der Waals surface area contributed by atoms with Crippen molar-refractivity contribution in [2.24, 2.45) is 0 Å². The van der Waals surface area contributed by atoms with E-state index in [4.69, 9.17) is 0 Å². The molecule has 0 aliphatic heterocycles. The SMILES string of the molecule is Cc1ccc(/C=C/C(=O)CCc2ccc(C)cc2C)c(C)c1. The summed E-state index contributed by atoms with van der Waals surface area (Å²) in [6.07, 6.45) is 5.01. The van der Waals surface area contributed by atoms with Crippen LogP contribution in [-0.2, 0) is 11.2 Å². The predicted molar refractivity (Wildman–Crippen MR) is 94.2 cm³/mol. The molecule has 2 aromatic rings. The zero-order valence-corrected chi connectivity index (χ0v) is 13.9. The lowest BCUT2D eigenvalue weighted by Gasteiger charge is -2.05. The van der Waals surface area contributed by atoms with Crippen molar-refractivity contribution in [1.29, 1.82) is 0 Å². The van der Waals surface area contributed by atoms with E-state index in [-0.39, 0.29) is 5.78 Å². The van der Waals surface area contributed by atoms with Gasteiger partial charge in [-0.05, 0) is 62.4 Å². The van der Waals surface area contributed by atoms with Gasteiger partial charge in [0.05, 0.1) is 0 Å². The fourth-order valence-corrected chi connectivity index (χ4v) is 2.66. The van der Waals surface area contributed by atoms with Crippen LogP contribution in [0.15, 0.2) is 42.5 Å². The van der Waals surface area contributed by atoms with Gasteiger partial charge in [-0.1, -0.05) is 53.6 Å². The molecule has 1 heteroatoms. The Bertz CT molecular complexity index is 708. The topological polar surface area (TPSA) is 17.1 Å². The molecule has 0 spiro atoms. The summed E-state index contributed by atoms with van der Waals surface area (Å²) < 4.78 is 0. The third kappa shape index (κ3) is 4.42. The third-order valence-electron chi connectivity index (χ3n) is 4.01. The molecule has 2 aromatic carbocycles. The van der Waals surface area contributed by atoms with E-state index in [2.05, 4.69) is 64.1 Å². The van der Waals surface area contributed by atoms with Crippen molar-refractivity contribution in [3.8, 4) is 0 Å². The second-order valence-corrected chi connectivity index (χ2v) is 6.09.